The van der Waals surface area contributed by atoms with Crippen LogP contribution in [-0.2, 0) is 10.0 Å². The summed E-state index contributed by atoms with van der Waals surface area (Å²) in [6.45, 7) is 1.42. The van der Waals surface area contributed by atoms with Gasteiger partial charge in [-0.25, -0.2) is 13.1 Å². The largest absolute Gasteiger partial charge is 0.367 e. The van der Waals surface area contributed by atoms with Gasteiger partial charge in [-0.1, -0.05) is 12.1 Å². The normalized spacial score (nSPS) is 15.5. The lowest BCUT2D eigenvalue weighted by molar-refractivity contribution is 0.587. The molecule has 0 unspecified atom stereocenters. The third-order valence-corrected chi connectivity index (χ3v) is 4.79. The number of rotatable bonds is 7. The number of nitrogens with one attached hydrogen (secondary N) is 1. The third-order valence-electron chi connectivity index (χ3n) is 3.32. The van der Waals surface area contributed by atoms with Crippen LogP contribution in [0, 0.1) is 0 Å². The fourth-order valence-electron chi connectivity index (χ4n) is 2.18. The van der Waals surface area contributed by atoms with Gasteiger partial charge in [-0.05, 0) is 45.0 Å². The molecule has 0 radical (unpaired) electrons. The molecule has 5 nitrogen and oxygen atoms in total. The molecule has 0 aromatic heterocycles. The summed E-state index contributed by atoms with van der Waals surface area (Å²) >= 11 is 0. The van der Waals surface area contributed by atoms with E-state index in [-0.39, 0.29) is 0 Å². The number of hydrogen-bond donors (Lipinski definition) is 2. The monoisotopic (exact) mass is 283 g/mol. The van der Waals surface area contributed by atoms with Crippen LogP contribution in [0.25, 0.3) is 0 Å². The Morgan fingerprint density at radius 3 is 2.63 bits per heavy atom. The topological polar surface area (TPSA) is 75.4 Å². The zero-order valence-electron chi connectivity index (χ0n) is 11.2. The first-order valence-electron chi connectivity index (χ1n) is 6.59. The highest BCUT2D eigenvalue weighted by Crippen LogP contribution is 2.35. The number of nitrogens with zero attached hydrogens (tertiary/aromatic N) is 1. The van der Waals surface area contributed by atoms with Gasteiger partial charge in [-0.3, -0.25) is 0 Å². The zero-order chi connectivity index (χ0) is 13.9. The number of hydrogen-bond acceptors (Lipinski definition) is 4. The zero-order valence-corrected chi connectivity index (χ0v) is 12.0. The molecule has 3 N–H and O–H groups in total. The Balaban J connectivity index is 2.36. The molecule has 1 aliphatic carbocycles. The van der Waals surface area contributed by atoms with Crippen LogP contribution >= 0.6 is 0 Å². The summed E-state index contributed by atoms with van der Waals surface area (Å²) in [6.07, 6.45) is 3.11. The molecule has 0 aliphatic heterocycles. The van der Waals surface area contributed by atoms with Crippen molar-refractivity contribution in [1.29, 1.82) is 0 Å². The van der Waals surface area contributed by atoms with E-state index in [4.69, 9.17) is 5.73 Å². The highest BCUT2D eigenvalue weighted by molar-refractivity contribution is 7.89. The maximum absolute atomic E-state index is 12.1. The van der Waals surface area contributed by atoms with E-state index in [1.807, 2.05) is 12.1 Å². The molecule has 1 aliphatic rings. The molecular weight excluding hydrogens is 262 g/mol. The molecule has 2 rings (SSSR count). The van der Waals surface area contributed by atoms with Crippen LogP contribution in [0.1, 0.15) is 19.3 Å². The summed E-state index contributed by atoms with van der Waals surface area (Å²) < 4.78 is 26.6. The van der Waals surface area contributed by atoms with Crippen LogP contribution in [0.15, 0.2) is 29.2 Å². The summed E-state index contributed by atoms with van der Waals surface area (Å²) in [5, 5.41) is 0. The van der Waals surface area contributed by atoms with E-state index in [0.717, 1.165) is 31.5 Å². The van der Waals surface area contributed by atoms with Crippen molar-refractivity contribution in [3.05, 3.63) is 24.3 Å². The number of anilines is 1. The Morgan fingerprint density at radius 2 is 2.05 bits per heavy atom. The predicted molar refractivity (Wildman–Crippen MR) is 76.7 cm³/mol. The van der Waals surface area contributed by atoms with Gasteiger partial charge in [0.25, 0.3) is 0 Å². The summed E-state index contributed by atoms with van der Waals surface area (Å²) in [5.41, 5.74) is 6.35. The van der Waals surface area contributed by atoms with Crippen LogP contribution in [0.5, 0.6) is 0 Å². The van der Waals surface area contributed by atoms with Gasteiger partial charge in [0, 0.05) is 12.6 Å². The summed E-state index contributed by atoms with van der Waals surface area (Å²) in [5.74, 6) is 0. The fraction of sp³-hybridized carbons (Fsp3) is 0.538. The molecule has 0 amide bonds. The first kappa shape index (κ1) is 14.3. The molecule has 0 atom stereocenters. The Bertz CT molecular complexity index is 526. The molecule has 19 heavy (non-hydrogen) atoms. The standard InChI is InChI=1S/C13H21N3O2S/c1-15-19(17,18)13-6-3-2-5-12(13)16(10-4-9-14)11-7-8-11/h2-3,5-6,11,15H,4,7-10,14H2,1H3. The van der Waals surface area contributed by atoms with Crippen LogP contribution in [-0.4, -0.2) is 34.6 Å². The van der Waals surface area contributed by atoms with Crippen molar-refractivity contribution in [2.75, 3.05) is 25.0 Å². The van der Waals surface area contributed by atoms with E-state index >= 15 is 0 Å². The average molecular weight is 283 g/mol. The second kappa shape index (κ2) is 5.90. The summed E-state index contributed by atoms with van der Waals surface area (Å²) in [6, 6.07) is 7.61. The highest BCUT2D eigenvalue weighted by Gasteiger charge is 2.31. The van der Waals surface area contributed by atoms with Crippen molar-refractivity contribution >= 4 is 15.7 Å². The maximum Gasteiger partial charge on any atom is 0.242 e. The molecule has 0 bridgehead atoms. The Kier molecular flexibility index (Phi) is 4.44. The molecule has 0 heterocycles. The van der Waals surface area contributed by atoms with Crippen molar-refractivity contribution in [3.8, 4) is 0 Å². The van der Waals surface area contributed by atoms with Crippen molar-refractivity contribution in [2.24, 2.45) is 5.73 Å². The second-order valence-electron chi connectivity index (χ2n) is 4.74. The van der Waals surface area contributed by atoms with Gasteiger partial charge in [-0.15, -0.1) is 0 Å². The van der Waals surface area contributed by atoms with Crippen LogP contribution < -0.4 is 15.4 Å². The number of nitrogens with two attached hydrogens (primary N) is 1. The third kappa shape index (κ3) is 3.26. The number of sulfonamides is 1. The second-order valence-corrected chi connectivity index (χ2v) is 6.60. The fourth-order valence-corrected chi connectivity index (χ4v) is 3.12. The molecule has 0 saturated heterocycles. The van der Waals surface area contributed by atoms with E-state index in [2.05, 4.69) is 9.62 Å². The highest BCUT2D eigenvalue weighted by atomic mass is 32.2. The molecular formula is C13H21N3O2S. The van der Waals surface area contributed by atoms with E-state index < -0.39 is 10.0 Å². The maximum atomic E-state index is 12.1. The lowest BCUT2D eigenvalue weighted by Crippen LogP contribution is -2.31. The van der Waals surface area contributed by atoms with E-state index in [1.165, 1.54) is 7.05 Å². The van der Waals surface area contributed by atoms with Gasteiger partial charge in [0.1, 0.15) is 4.90 Å². The van der Waals surface area contributed by atoms with Gasteiger partial charge >= 0.3 is 0 Å². The van der Waals surface area contributed by atoms with Crippen LogP contribution in [0.2, 0.25) is 0 Å². The van der Waals surface area contributed by atoms with Gasteiger partial charge in [-0.2, -0.15) is 0 Å². The van der Waals surface area contributed by atoms with Crippen molar-refractivity contribution < 1.29 is 8.42 Å². The minimum Gasteiger partial charge on any atom is -0.367 e. The molecule has 1 aromatic carbocycles. The van der Waals surface area contributed by atoms with Gasteiger partial charge in [0.2, 0.25) is 10.0 Å². The number of benzene rings is 1. The first-order valence-corrected chi connectivity index (χ1v) is 8.07. The van der Waals surface area contributed by atoms with Gasteiger partial charge in [0.05, 0.1) is 5.69 Å². The van der Waals surface area contributed by atoms with Gasteiger partial charge in [0.15, 0.2) is 0 Å². The molecule has 0 spiro atoms. The SMILES string of the molecule is CNS(=O)(=O)c1ccccc1N(CCCN)C1CC1. The smallest absolute Gasteiger partial charge is 0.242 e. The summed E-state index contributed by atoms with van der Waals surface area (Å²) in [7, 11) is -1.99. The van der Waals surface area contributed by atoms with Crippen LogP contribution in [0.3, 0.4) is 0 Å². The lowest BCUT2D eigenvalue weighted by Gasteiger charge is -2.26. The van der Waals surface area contributed by atoms with E-state index in [9.17, 15) is 8.42 Å². The predicted octanol–water partition coefficient (Wildman–Crippen LogP) is 0.912. The molecule has 6 heteroatoms. The van der Waals surface area contributed by atoms with E-state index in [0.29, 0.717) is 17.5 Å². The van der Waals surface area contributed by atoms with Gasteiger partial charge < -0.3 is 10.6 Å². The Hall–Kier alpha value is -1.11. The van der Waals surface area contributed by atoms with Crippen molar-refractivity contribution in [1.82, 2.24) is 4.72 Å². The van der Waals surface area contributed by atoms with E-state index in [1.54, 1.807) is 12.1 Å². The molecule has 106 valence electrons. The molecule has 1 aromatic rings. The minimum atomic E-state index is -3.43. The quantitative estimate of drug-likeness (QED) is 0.780. The molecule has 1 saturated carbocycles. The Labute approximate surface area is 114 Å². The summed E-state index contributed by atoms with van der Waals surface area (Å²) in [4.78, 5) is 2.53. The van der Waals surface area contributed by atoms with Crippen LogP contribution in [0.4, 0.5) is 5.69 Å². The first-order chi connectivity index (χ1) is 9.10. The lowest BCUT2D eigenvalue weighted by atomic mass is 10.2. The average Bonchev–Trinajstić information content (AvgIpc) is 3.24. The Morgan fingerprint density at radius 1 is 1.37 bits per heavy atom. The minimum absolute atomic E-state index is 0.349. The number of para-hydroxylation sites is 1. The molecule has 1 fully saturated rings. The van der Waals surface area contributed by atoms with Crippen molar-refractivity contribution in [3.63, 3.8) is 0 Å². The van der Waals surface area contributed by atoms with Crippen molar-refractivity contribution in [2.45, 2.75) is 30.2 Å².